The van der Waals surface area contributed by atoms with Crippen LogP contribution in [0.5, 0.6) is 0 Å². The molecule has 0 aromatic heterocycles. The van der Waals surface area contributed by atoms with Crippen molar-refractivity contribution in [3.8, 4) is 0 Å². The number of amides is 1. The highest BCUT2D eigenvalue weighted by atomic mass is 31.2. The van der Waals surface area contributed by atoms with Crippen molar-refractivity contribution in [2.45, 2.75) is 27.2 Å². The fourth-order valence-corrected chi connectivity index (χ4v) is 5.42. The van der Waals surface area contributed by atoms with Gasteiger partial charge < -0.3 is 13.9 Å². The Hall–Kier alpha value is -1.16. The molecule has 1 saturated heterocycles. The molecule has 1 aromatic rings. The van der Waals surface area contributed by atoms with Crippen molar-refractivity contribution >= 4 is 13.5 Å². The second kappa shape index (κ2) is 8.80. The Morgan fingerprint density at radius 2 is 1.67 bits per heavy atom. The summed E-state index contributed by atoms with van der Waals surface area (Å²) >= 11 is 0. The Kier molecular flexibility index (Phi) is 7.02. The molecule has 5 nitrogen and oxygen atoms in total. The van der Waals surface area contributed by atoms with Crippen LogP contribution in [0.25, 0.3) is 0 Å². The van der Waals surface area contributed by atoms with E-state index in [1.165, 1.54) is 0 Å². The van der Waals surface area contributed by atoms with Crippen LogP contribution in [0.2, 0.25) is 0 Å². The van der Waals surface area contributed by atoms with E-state index in [0.29, 0.717) is 43.9 Å². The monoisotopic (exact) mass is 353 g/mol. The van der Waals surface area contributed by atoms with Crippen molar-refractivity contribution < 1.29 is 18.4 Å². The molecule has 1 amide bonds. The molecule has 0 spiro atoms. The third-order valence-corrected chi connectivity index (χ3v) is 6.74. The van der Waals surface area contributed by atoms with Crippen LogP contribution in [0, 0.1) is 11.8 Å². The molecule has 134 valence electrons. The Bertz CT molecular complexity index is 568. The first-order chi connectivity index (χ1) is 11.5. The topological polar surface area (TPSA) is 55.8 Å². The first-order valence-electron chi connectivity index (χ1n) is 8.75. The van der Waals surface area contributed by atoms with Crippen LogP contribution < -0.4 is 0 Å². The molecule has 1 fully saturated rings. The van der Waals surface area contributed by atoms with Crippen molar-refractivity contribution in [2.75, 3.05) is 32.5 Å². The molecular formula is C18H28NO4P. The zero-order valence-corrected chi connectivity index (χ0v) is 15.7. The smallest absolute Gasteiger partial charge is 0.331 e. The Morgan fingerprint density at radius 3 is 2.21 bits per heavy atom. The predicted octanol–water partition coefficient (Wildman–Crippen LogP) is 4.05. The molecule has 2 atom stereocenters. The van der Waals surface area contributed by atoms with E-state index in [1.807, 2.05) is 49.1 Å². The molecule has 0 bridgehead atoms. The van der Waals surface area contributed by atoms with Gasteiger partial charge in [0, 0.05) is 18.7 Å². The summed E-state index contributed by atoms with van der Waals surface area (Å²) in [6.45, 7) is 7.80. The van der Waals surface area contributed by atoms with Crippen LogP contribution in [0.1, 0.15) is 37.6 Å². The lowest BCUT2D eigenvalue weighted by atomic mass is 9.96. The van der Waals surface area contributed by atoms with Gasteiger partial charge in [-0.3, -0.25) is 9.36 Å². The van der Waals surface area contributed by atoms with Gasteiger partial charge in [0.15, 0.2) is 0 Å². The number of hydrogen-bond donors (Lipinski definition) is 0. The maximum Gasteiger partial charge on any atom is 0.331 e. The third kappa shape index (κ3) is 4.69. The van der Waals surface area contributed by atoms with E-state index >= 15 is 0 Å². The molecule has 1 heterocycles. The van der Waals surface area contributed by atoms with Crippen LogP contribution in [0.15, 0.2) is 30.3 Å². The van der Waals surface area contributed by atoms with Crippen LogP contribution in [0.4, 0.5) is 0 Å². The van der Waals surface area contributed by atoms with Gasteiger partial charge in [-0.25, -0.2) is 0 Å². The van der Waals surface area contributed by atoms with E-state index < -0.39 is 7.60 Å². The van der Waals surface area contributed by atoms with E-state index in [-0.39, 0.29) is 11.8 Å². The van der Waals surface area contributed by atoms with Gasteiger partial charge in [0.05, 0.1) is 19.4 Å². The molecule has 0 radical (unpaired) electrons. The minimum atomic E-state index is -3.09. The van der Waals surface area contributed by atoms with Crippen LogP contribution in [0.3, 0.4) is 0 Å². The molecular weight excluding hydrogens is 325 g/mol. The van der Waals surface area contributed by atoms with Crippen molar-refractivity contribution in [1.29, 1.82) is 0 Å². The third-order valence-electron chi connectivity index (χ3n) is 4.52. The minimum absolute atomic E-state index is 0.0409. The van der Waals surface area contributed by atoms with Crippen LogP contribution >= 0.6 is 7.60 Å². The predicted molar refractivity (Wildman–Crippen MR) is 95.3 cm³/mol. The zero-order valence-electron chi connectivity index (χ0n) is 14.8. The number of rotatable bonds is 8. The highest BCUT2D eigenvalue weighted by molar-refractivity contribution is 7.53. The van der Waals surface area contributed by atoms with Crippen molar-refractivity contribution in [1.82, 2.24) is 4.90 Å². The summed E-state index contributed by atoms with van der Waals surface area (Å²) in [4.78, 5) is 14.5. The summed E-state index contributed by atoms with van der Waals surface area (Å²) in [5, 5.41) is 0. The van der Waals surface area contributed by atoms with E-state index in [0.717, 1.165) is 6.42 Å². The van der Waals surface area contributed by atoms with Crippen LogP contribution in [-0.4, -0.2) is 43.3 Å². The highest BCUT2D eigenvalue weighted by Gasteiger charge is 2.39. The van der Waals surface area contributed by atoms with Gasteiger partial charge in [-0.15, -0.1) is 0 Å². The molecule has 2 unspecified atom stereocenters. The summed E-state index contributed by atoms with van der Waals surface area (Å²) in [5.41, 5.74) is 0.700. The lowest BCUT2D eigenvalue weighted by molar-refractivity contribution is 0.0783. The summed E-state index contributed by atoms with van der Waals surface area (Å²) in [7, 11) is -3.09. The van der Waals surface area contributed by atoms with Gasteiger partial charge in [-0.1, -0.05) is 31.5 Å². The fraction of sp³-hybridized carbons (Fsp3) is 0.611. The molecule has 24 heavy (non-hydrogen) atoms. The molecule has 1 aliphatic rings. The van der Waals surface area contributed by atoms with Crippen molar-refractivity contribution in [3.63, 3.8) is 0 Å². The maximum absolute atomic E-state index is 12.8. The number of nitrogens with zero attached hydrogens (tertiary/aromatic N) is 1. The summed E-state index contributed by atoms with van der Waals surface area (Å²) in [6, 6.07) is 9.32. The van der Waals surface area contributed by atoms with Gasteiger partial charge in [0.1, 0.15) is 0 Å². The average molecular weight is 353 g/mol. The first kappa shape index (κ1) is 19.2. The Labute approximate surface area is 144 Å². The summed E-state index contributed by atoms with van der Waals surface area (Å²) < 4.78 is 23.7. The SMILES string of the molecule is CCOP(=O)(CC1CN(C(=O)c2ccccc2)CC1CC)OCC. The van der Waals surface area contributed by atoms with E-state index in [9.17, 15) is 9.36 Å². The number of carbonyl (C=O) groups is 1. The molecule has 0 aliphatic carbocycles. The average Bonchev–Trinajstić information content (AvgIpc) is 2.97. The van der Waals surface area contributed by atoms with Gasteiger partial charge in [0.2, 0.25) is 0 Å². The van der Waals surface area contributed by atoms with Gasteiger partial charge in [-0.05, 0) is 37.8 Å². The Morgan fingerprint density at radius 1 is 1.08 bits per heavy atom. The van der Waals surface area contributed by atoms with Crippen molar-refractivity contribution in [2.24, 2.45) is 11.8 Å². The standard InChI is InChI=1S/C18H28NO4P/c1-4-15-12-19(18(20)16-10-8-7-9-11-16)13-17(15)14-24(21,22-5-2)23-6-3/h7-11,15,17H,4-6,12-14H2,1-3H3. The van der Waals surface area contributed by atoms with Crippen molar-refractivity contribution in [3.05, 3.63) is 35.9 Å². The Balaban J connectivity index is 2.08. The molecule has 0 saturated carbocycles. The molecule has 6 heteroatoms. The maximum atomic E-state index is 12.8. The van der Waals surface area contributed by atoms with Crippen LogP contribution in [-0.2, 0) is 13.6 Å². The summed E-state index contributed by atoms with van der Waals surface area (Å²) in [5.74, 6) is 0.512. The molecule has 0 N–H and O–H groups in total. The second-order valence-electron chi connectivity index (χ2n) is 6.13. The molecule has 1 aromatic carbocycles. The zero-order chi connectivity index (χ0) is 17.6. The number of benzene rings is 1. The highest BCUT2D eigenvalue weighted by Crippen LogP contribution is 2.51. The van der Waals surface area contributed by atoms with E-state index in [1.54, 1.807) is 0 Å². The molecule has 2 rings (SSSR count). The quantitative estimate of drug-likeness (QED) is 0.662. The number of carbonyl (C=O) groups excluding carboxylic acids is 1. The first-order valence-corrected chi connectivity index (χ1v) is 10.5. The van der Waals surface area contributed by atoms with E-state index in [2.05, 4.69) is 6.92 Å². The number of hydrogen-bond acceptors (Lipinski definition) is 4. The van der Waals surface area contributed by atoms with Gasteiger partial charge in [-0.2, -0.15) is 0 Å². The normalized spacial score (nSPS) is 21.2. The summed E-state index contributed by atoms with van der Waals surface area (Å²) in [6.07, 6.45) is 1.33. The van der Waals surface area contributed by atoms with E-state index in [4.69, 9.17) is 9.05 Å². The number of likely N-dealkylation sites (tertiary alicyclic amines) is 1. The van der Waals surface area contributed by atoms with Gasteiger partial charge in [0.25, 0.3) is 5.91 Å². The largest absolute Gasteiger partial charge is 0.338 e. The fourth-order valence-electron chi connectivity index (χ4n) is 3.36. The minimum Gasteiger partial charge on any atom is -0.338 e. The lowest BCUT2D eigenvalue weighted by Gasteiger charge is -2.23. The van der Waals surface area contributed by atoms with Gasteiger partial charge >= 0.3 is 7.60 Å². The second-order valence-corrected chi connectivity index (χ2v) is 8.24. The lowest BCUT2D eigenvalue weighted by Crippen LogP contribution is -2.29. The molecule has 1 aliphatic heterocycles.